The Morgan fingerprint density at radius 3 is 2.38 bits per heavy atom. The number of hydrogen-bond donors (Lipinski definition) is 4. The van der Waals surface area contributed by atoms with Gasteiger partial charge in [-0.3, -0.25) is 4.79 Å². The number of nitrogens with one attached hydrogen (secondary N) is 1. The first kappa shape index (κ1) is 28.4. The fraction of sp³-hybridized carbons (Fsp3) is 0.758. The van der Waals surface area contributed by atoms with Crippen molar-refractivity contribution < 1.29 is 24.9 Å². The van der Waals surface area contributed by atoms with Gasteiger partial charge in [0, 0.05) is 12.8 Å². The lowest BCUT2D eigenvalue weighted by molar-refractivity contribution is -0.141. The van der Waals surface area contributed by atoms with Crippen LogP contribution in [0.25, 0.3) is 0 Å². The molecule has 4 N–H and O–H groups in total. The van der Waals surface area contributed by atoms with Crippen molar-refractivity contribution in [2.75, 3.05) is 0 Å². The SMILES string of the molecule is C[C@H](CCC(=O)N[C@@H](Cc1ccc(O)cc1)C(=O)O)[C@H]1CC[C@H]2[C@@H]3CC[C@@H]4C[C@H](O)CC[C@]4(C)[C@H]3CC[C@]12C. The molecule has 0 unspecified atom stereocenters. The third-order valence-electron chi connectivity index (χ3n) is 12.2. The number of carbonyl (C=O) groups excluding carboxylic acids is 1. The first-order valence-corrected chi connectivity index (χ1v) is 15.5. The van der Waals surface area contributed by atoms with Crippen LogP contribution in [0.2, 0.25) is 0 Å². The van der Waals surface area contributed by atoms with Crippen molar-refractivity contribution in [3.05, 3.63) is 29.8 Å². The number of carbonyl (C=O) groups is 2. The topological polar surface area (TPSA) is 107 Å². The van der Waals surface area contributed by atoms with Crippen LogP contribution in [-0.2, 0) is 16.0 Å². The maximum atomic E-state index is 12.8. The first-order valence-electron chi connectivity index (χ1n) is 15.5. The molecule has 0 heterocycles. The number of carboxylic acids is 1. The Balaban J connectivity index is 1.17. The van der Waals surface area contributed by atoms with Gasteiger partial charge in [0.05, 0.1) is 6.10 Å². The number of aromatic hydroxyl groups is 1. The highest BCUT2D eigenvalue weighted by molar-refractivity contribution is 5.83. The number of aliphatic hydroxyl groups is 1. The van der Waals surface area contributed by atoms with Crippen LogP contribution in [0.3, 0.4) is 0 Å². The fourth-order valence-electron chi connectivity index (χ4n) is 10.1. The molecule has 0 aliphatic heterocycles. The van der Waals surface area contributed by atoms with Gasteiger partial charge in [0.2, 0.25) is 5.91 Å². The zero-order chi connectivity index (χ0) is 27.9. The average molecular weight is 540 g/mol. The highest BCUT2D eigenvalue weighted by atomic mass is 16.4. The largest absolute Gasteiger partial charge is 0.508 e. The van der Waals surface area contributed by atoms with E-state index in [1.165, 1.54) is 57.1 Å². The number of benzene rings is 1. The minimum Gasteiger partial charge on any atom is -0.508 e. The molecule has 6 nitrogen and oxygen atoms in total. The van der Waals surface area contributed by atoms with E-state index >= 15 is 0 Å². The van der Waals surface area contributed by atoms with Gasteiger partial charge in [0.25, 0.3) is 0 Å². The molecule has 4 fully saturated rings. The van der Waals surface area contributed by atoms with E-state index in [1.54, 1.807) is 12.1 Å². The van der Waals surface area contributed by atoms with Crippen LogP contribution >= 0.6 is 0 Å². The number of phenols is 1. The van der Waals surface area contributed by atoms with Crippen molar-refractivity contribution in [1.82, 2.24) is 5.32 Å². The van der Waals surface area contributed by atoms with E-state index in [-0.39, 0.29) is 24.2 Å². The van der Waals surface area contributed by atoms with Crippen molar-refractivity contribution in [3.63, 3.8) is 0 Å². The zero-order valence-corrected chi connectivity index (χ0v) is 24.1. The van der Waals surface area contributed by atoms with Crippen LogP contribution in [0.5, 0.6) is 5.75 Å². The summed E-state index contributed by atoms with van der Waals surface area (Å²) < 4.78 is 0. The average Bonchev–Trinajstić information content (AvgIpc) is 3.26. The van der Waals surface area contributed by atoms with E-state index in [0.717, 1.165) is 42.6 Å². The van der Waals surface area contributed by atoms with E-state index in [2.05, 4.69) is 26.1 Å². The first-order chi connectivity index (χ1) is 18.5. The number of aliphatic carboxylic acids is 1. The Kier molecular flexibility index (Phi) is 8.07. The van der Waals surface area contributed by atoms with E-state index in [0.29, 0.717) is 35.0 Å². The summed E-state index contributed by atoms with van der Waals surface area (Å²) in [5, 5.41) is 32.2. The van der Waals surface area contributed by atoms with Crippen molar-refractivity contribution >= 4 is 11.9 Å². The monoisotopic (exact) mass is 539 g/mol. The second-order valence-electron chi connectivity index (χ2n) is 14.2. The predicted octanol–water partition coefficient (Wildman–Crippen LogP) is 5.94. The Labute approximate surface area is 234 Å². The van der Waals surface area contributed by atoms with Crippen LogP contribution in [-0.4, -0.2) is 39.3 Å². The van der Waals surface area contributed by atoms with Crippen molar-refractivity contribution in [1.29, 1.82) is 0 Å². The second kappa shape index (κ2) is 11.1. The summed E-state index contributed by atoms with van der Waals surface area (Å²) in [6, 6.07) is 5.47. The molecule has 0 saturated heterocycles. The fourth-order valence-corrected chi connectivity index (χ4v) is 10.1. The van der Waals surface area contributed by atoms with Crippen LogP contribution < -0.4 is 5.32 Å². The molecule has 1 aromatic rings. The van der Waals surface area contributed by atoms with Gasteiger partial charge < -0.3 is 20.6 Å². The smallest absolute Gasteiger partial charge is 0.326 e. The number of amides is 1. The van der Waals surface area contributed by atoms with Gasteiger partial charge in [-0.15, -0.1) is 0 Å². The molecule has 4 saturated carbocycles. The summed E-state index contributed by atoms with van der Waals surface area (Å²) in [7, 11) is 0. The zero-order valence-electron chi connectivity index (χ0n) is 24.1. The Morgan fingerprint density at radius 2 is 1.67 bits per heavy atom. The summed E-state index contributed by atoms with van der Waals surface area (Å²) in [6.45, 7) is 7.39. The molecule has 4 aliphatic carbocycles. The molecular weight excluding hydrogens is 490 g/mol. The van der Waals surface area contributed by atoms with E-state index in [9.17, 15) is 24.9 Å². The van der Waals surface area contributed by atoms with Gasteiger partial charge in [0.15, 0.2) is 0 Å². The molecule has 0 spiro atoms. The summed E-state index contributed by atoms with van der Waals surface area (Å²) >= 11 is 0. The highest BCUT2D eigenvalue weighted by Crippen LogP contribution is 2.68. The molecule has 10 atom stereocenters. The van der Waals surface area contributed by atoms with Crippen LogP contribution in [0.15, 0.2) is 24.3 Å². The third kappa shape index (κ3) is 5.47. The molecule has 216 valence electrons. The van der Waals surface area contributed by atoms with Gasteiger partial charge in [-0.1, -0.05) is 32.9 Å². The standard InChI is InChI=1S/C33H49NO5/c1-20(4-13-30(37)34-29(31(38)39)18-21-5-8-23(35)9-6-21)26-11-12-27-25-10-7-22-19-24(36)14-16-32(22,2)28(25)15-17-33(26,27)3/h5-6,8-9,20,22,24-29,35-36H,4,7,10-19H2,1-3H3,(H,34,37)(H,38,39)/t20-,22-,24-,25+,26-,27+,28+,29+,32+,33-/m1/s1. The van der Waals surface area contributed by atoms with Crippen molar-refractivity contribution in [2.24, 2.45) is 46.3 Å². The number of fused-ring (bicyclic) bond motifs is 5. The van der Waals surface area contributed by atoms with Gasteiger partial charge in [0.1, 0.15) is 11.8 Å². The molecule has 1 aromatic carbocycles. The molecule has 0 radical (unpaired) electrons. The van der Waals surface area contributed by atoms with Crippen LogP contribution in [0.4, 0.5) is 0 Å². The lowest BCUT2D eigenvalue weighted by Crippen LogP contribution is -2.54. The second-order valence-corrected chi connectivity index (χ2v) is 14.2. The lowest BCUT2D eigenvalue weighted by atomic mass is 9.44. The maximum Gasteiger partial charge on any atom is 0.326 e. The van der Waals surface area contributed by atoms with E-state index < -0.39 is 12.0 Å². The van der Waals surface area contributed by atoms with Gasteiger partial charge in [-0.25, -0.2) is 4.79 Å². The van der Waals surface area contributed by atoms with Gasteiger partial charge in [-0.05, 0) is 128 Å². The van der Waals surface area contributed by atoms with Crippen LogP contribution in [0, 0.1) is 46.3 Å². The van der Waals surface area contributed by atoms with Crippen molar-refractivity contribution in [3.8, 4) is 5.75 Å². The third-order valence-corrected chi connectivity index (χ3v) is 12.2. The molecule has 1 amide bonds. The van der Waals surface area contributed by atoms with Gasteiger partial charge in [-0.2, -0.15) is 0 Å². The van der Waals surface area contributed by atoms with Crippen molar-refractivity contribution in [2.45, 2.75) is 110 Å². The molecule has 39 heavy (non-hydrogen) atoms. The molecule has 0 bridgehead atoms. The minimum absolute atomic E-state index is 0.0963. The number of aliphatic hydroxyl groups excluding tert-OH is 1. The van der Waals surface area contributed by atoms with Crippen LogP contribution in [0.1, 0.15) is 97.0 Å². The number of rotatable bonds is 8. The summed E-state index contributed by atoms with van der Waals surface area (Å²) in [4.78, 5) is 24.7. The predicted molar refractivity (Wildman–Crippen MR) is 151 cm³/mol. The highest BCUT2D eigenvalue weighted by Gasteiger charge is 2.60. The molecule has 0 aromatic heterocycles. The summed E-state index contributed by atoms with van der Waals surface area (Å²) in [5.74, 6) is 3.00. The van der Waals surface area contributed by atoms with Gasteiger partial charge >= 0.3 is 5.97 Å². The number of phenolic OH excluding ortho intramolecular Hbond substituents is 1. The maximum absolute atomic E-state index is 12.8. The summed E-state index contributed by atoms with van der Waals surface area (Å²) in [6.07, 6.45) is 12.1. The normalized spacial score (nSPS) is 39.1. The van der Waals surface area contributed by atoms with E-state index in [4.69, 9.17) is 0 Å². The molecule has 6 heteroatoms. The molecular formula is C33H49NO5. The quantitative estimate of drug-likeness (QED) is 0.327. The molecule has 5 rings (SSSR count). The number of carboxylic acid groups (broad SMARTS) is 1. The van der Waals surface area contributed by atoms with E-state index in [1.807, 2.05) is 0 Å². The minimum atomic E-state index is -1.04. The number of hydrogen-bond acceptors (Lipinski definition) is 4. The summed E-state index contributed by atoms with van der Waals surface area (Å²) in [5.41, 5.74) is 1.49. The Bertz CT molecular complexity index is 1040. The Hall–Kier alpha value is -2.08. The molecule has 4 aliphatic rings. The Morgan fingerprint density at radius 1 is 0.974 bits per heavy atom. The lowest BCUT2D eigenvalue weighted by Gasteiger charge is -2.61.